The van der Waals surface area contributed by atoms with E-state index in [2.05, 4.69) is 63.7 Å². The SMILES string of the molecule is CC(C)(Br)C(=O)OCC(C)(COC(=O)C(C)(C)Br)C(=O)Oc1ccc(OC(=O)C(C)(COC(=O)C(C)(C)Br)COC(=O)C(C)(C)Br)cc1. The zero-order chi connectivity index (χ0) is 37.5. The predicted molar refractivity (Wildman–Crippen MR) is 190 cm³/mol. The van der Waals surface area contributed by atoms with Crippen molar-refractivity contribution in [3.05, 3.63) is 24.3 Å². The highest BCUT2D eigenvalue weighted by Gasteiger charge is 2.43. The Morgan fingerprint density at radius 1 is 0.417 bits per heavy atom. The number of carbonyl (C=O) groups is 6. The molecule has 0 aliphatic heterocycles. The van der Waals surface area contributed by atoms with E-state index >= 15 is 0 Å². The molecule has 0 atom stereocenters. The average Bonchev–Trinajstić information content (AvgIpc) is 2.94. The number of benzene rings is 1. The normalized spacial score (nSPS) is 12.8. The molecule has 0 heterocycles. The zero-order valence-electron chi connectivity index (χ0n) is 28.5. The number of halogens is 4. The molecule has 0 amide bonds. The van der Waals surface area contributed by atoms with Gasteiger partial charge in [0.1, 0.15) is 66.1 Å². The molecule has 0 spiro atoms. The second-order valence-electron chi connectivity index (χ2n) is 13.6. The van der Waals surface area contributed by atoms with Gasteiger partial charge in [0, 0.05) is 0 Å². The lowest BCUT2D eigenvalue weighted by molar-refractivity contribution is -0.167. The molecule has 0 N–H and O–H groups in total. The predicted octanol–water partition coefficient (Wildman–Crippen LogP) is 6.38. The van der Waals surface area contributed by atoms with Crippen LogP contribution in [0.5, 0.6) is 11.5 Å². The fourth-order valence-electron chi connectivity index (χ4n) is 2.94. The third-order valence-electron chi connectivity index (χ3n) is 6.26. The van der Waals surface area contributed by atoms with E-state index in [1.807, 2.05) is 0 Å². The molecule has 0 saturated heterocycles. The number of carbonyl (C=O) groups excluding carboxylic acids is 6. The molecule has 0 fully saturated rings. The van der Waals surface area contributed by atoms with Crippen LogP contribution in [0, 0.1) is 10.8 Å². The molecule has 1 aromatic rings. The summed E-state index contributed by atoms with van der Waals surface area (Å²) in [4.78, 5) is 76.3. The number of alkyl halides is 4. The van der Waals surface area contributed by atoms with E-state index in [0.717, 1.165) is 0 Å². The van der Waals surface area contributed by atoms with Crippen molar-refractivity contribution in [1.29, 1.82) is 0 Å². The van der Waals surface area contributed by atoms with Gasteiger partial charge in [-0.05, 0) is 93.5 Å². The van der Waals surface area contributed by atoms with Gasteiger partial charge in [-0.25, -0.2) is 0 Å². The number of ether oxygens (including phenoxy) is 6. The van der Waals surface area contributed by atoms with E-state index < -0.39 is 90.4 Å². The van der Waals surface area contributed by atoms with Gasteiger partial charge in [-0.3, -0.25) is 28.8 Å². The molecular formula is C32H42Br4O12. The van der Waals surface area contributed by atoms with Gasteiger partial charge in [0.25, 0.3) is 0 Å². The second kappa shape index (κ2) is 16.8. The highest BCUT2D eigenvalue weighted by Crippen LogP contribution is 2.30. The van der Waals surface area contributed by atoms with Crippen molar-refractivity contribution in [3.63, 3.8) is 0 Å². The van der Waals surface area contributed by atoms with Gasteiger partial charge >= 0.3 is 35.8 Å². The highest BCUT2D eigenvalue weighted by atomic mass is 79.9. The quantitative estimate of drug-likeness (QED) is 0.0782. The molecule has 1 rings (SSSR count). The molecule has 0 saturated carbocycles. The van der Waals surface area contributed by atoms with E-state index in [1.54, 1.807) is 55.4 Å². The van der Waals surface area contributed by atoms with Crippen LogP contribution < -0.4 is 9.47 Å². The summed E-state index contributed by atoms with van der Waals surface area (Å²) in [5.74, 6) is -4.26. The molecule has 48 heavy (non-hydrogen) atoms. The number of rotatable bonds is 16. The summed E-state index contributed by atoms with van der Waals surface area (Å²) in [6.45, 7) is 13.6. The van der Waals surface area contributed by atoms with Crippen molar-refractivity contribution in [2.75, 3.05) is 26.4 Å². The first-order valence-corrected chi connectivity index (χ1v) is 17.7. The Kier molecular flexibility index (Phi) is 15.4. The van der Waals surface area contributed by atoms with E-state index in [4.69, 9.17) is 28.4 Å². The van der Waals surface area contributed by atoms with Gasteiger partial charge in [-0.2, -0.15) is 0 Å². The van der Waals surface area contributed by atoms with Gasteiger partial charge in [0.15, 0.2) is 0 Å². The Balaban J connectivity index is 3.17. The van der Waals surface area contributed by atoms with Crippen LogP contribution >= 0.6 is 63.7 Å². The summed E-state index contributed by atoms with van der Waals surface area (Å²) in [5.41, 5.74) is -3.20. The molecule has 270 valence electrons. The van der Waals surface area contributed by atoms with Gasteiger partial charge in [-0.15, -0.1) is 0 Å². The fraction of sp³-hybridized carbons (Fsp3) is 0.625. The molecule has 0 bridgehead atoms. The van der Waals surface area contributed by atoms with Gasteiger partial charge < -0.3 is 28.4 Å². The van der Waals surface area contributed by atoms with Crippen molar-refractivity contribution >= 4 is 99.5 Å². The fourth-order valence-corrected chi connectivity index (χ4v) is 3.40. The first kappa shape index (κ1) is 44.0. The maximum Gasteiger partial charge on any atom is 0.324 e. The van der Waals surface area contributed by atoms with Crippen LogP contribution in [0.1, 0.15) is 69.2 Å². The lowest BCUT2D eigenvalue weighted by Crippen LogP contribution is -2.44. The minimum atomic E-state index is -1.60. The molecular weight excluding hydrogens is 896 g/mol. The lowest BCUT2D eigenvalue weighted by Gasteiger charge is -2.29. The summed E-state index contributed by atoms with van der Waals surface area (Å²) in [6.07, 6.45) is 0. The molecule has 1 aromatic carbocycles. The largest absolute Gasteiger partial charge is 0.463 e. The van der Waals surface area contributed by atoms with Crippen LogP contribution in [0.25, 0.3) is 0 Å². The monoisotopic (exact) mass is 934 g/mol. The highest BCUT2D eigenvalue weighted by molar-refractivity contribution is 9.10. The molecule has 12 nitrogen and oxygen atoms in total. The Hall–Kier alpha value is -2.04. The van der Waals surface area contributed by atoms with Gasteiger partial charge in [0.2, 0.25) is 0 Å². The van der Waals surface area contributed by atoms with Crippen LogP contribution in [0.3, 0.4) is 0 Å². The van der Waals surface area contributed by atoms with Crippen molar-refractivity contribution in [2.24, 2.45) is 10.8 Å². The molecule has 0 aromatic heterocycles. The number of hydrogen-bond donors (Lipinski definition) is 0. The zero-order valence-corrected chi connectivity index (χ0v) is 34.9. The Morgan fingerprint density at radius 3 is 0.771 bits per heavy atom. The van der Waals surface area contributed by atoms with E-state index in [-0.39, 0.29) is 11.5 Å². The minimum Gasteiger partial charge on any atom is -0.463 e. The number of hydrogen-bond acceptors (Lipinski definition) is 12. The van der Waals surface area contributed by atoms with Crippen molar-refractivity contribution in [3.8, 4) is 11.5 Å². The Morgan fingerprint density at radius 2 is 0.604 bits per heavy atom. The Bertz CT molecular complexity index is 1180. The van der Waals surface area contributed by atoms with Crippen LogP contribution in [-0.4, -0.2) is 79.5 Å². The van der Waals surface area contributed by atoms with Crippen molar-refractivity contribution in [2.45, 2.75) is 86.5 Å². The number of esters is 6. The molecule has 0 radical (unpaired) electrons. The maximum atomic E-state index is 13.3. The molecule has 0 unspecified atom stereocenters. The van der Waals surface area contributed by atoms with Crippen molar-refractivity contribution in [1.82, 2.24) is 0 Å². The summed E-state index contributed by atoms with van der Waals surface area (Å²) in [6, 6.07) is 5.39. The average molecular weight is 938 g/mol. The van der Waals surface area contributed by atoms with Crippen LogP contribution in [0.2, 0.25) is 0 Å². The smallest absolute Gasteiger partial charge is 0.324 e. The third kappa shape index (κ3) is 14.1. The van der Waals surface area contributed by atoms with E-state index in [0.29, 0.717) is 0 Å². The molecule has 16 heteroatoms. The van der Waals surface area contributed by atoms with Crippen molar-refractivity contribution < 1.29 is 57.2 Å². The van der Waals surface area contributed by atoms with Crippen LogP contribution in [-0.2, 0) is 47.7 Å². The van der Waals surface area contributed by atoms with E-state index in [1.165, 1.54) is 38.1 Å². The minimum absolute atomic E-state index is 0.0371. The summed E-state index contributed by atoms with van der Waals surface area (Å²) >= 11 is 12.8. The van der Waals surface area contributed by atoms with Crippen LogP contribution in [0.15, 0.2) is 24.3 Å². The topological polar surface area (TPSA) is 158 Å². The summed E-state index contributed by atoms with van der Waals surface area (Å²) in [5, 5.41) is 0. The standard InChI is InChI=1S/C32H42Br4O12/c1-27(2,33)21(37)43-15-31(9,16-44-22(38)28(3,4)34)25(41)47-19-11-13-20(14-12-19)48-26(42)32(10,17-45-23(39)29(5,6)35)18-46-24(40)30(7,8)36/h11-14H,15-18H2,1-10H3. The third-order valence-corrected chi connectivity index (χ3v) is 7.55. The van der Waals surface area contributed by atoms with E-state index in [9.17, 15) is 28.8 Å². The Labute approximate surface area is 314 Å². The molecule has 0 aliphatic carbocycles. The lowest BCUT2D eigenvalue weighted by atomic mass is 9.92. The summed E-state index contributed by atoms with van der Waals surface area (Å²) in [7, 11) is 0. The van der Waals surface area contributed by atoms with Gasteiger partial charge in [0.05, 0.1) is 0 Å². The maximum absolute atomic E-state index is 13.3. The van der Waals surface area contributed by atoms with Gasteiger partial charge in [-0.1, -0.05) is 63.7 Å². The summed E-state index contributed by atoms with van der Waals surface area (Å²) < 4.78 is 28.3. The second-order valence-corrected chi connectivity index (χ2v) is 21.5. The first-order chi connectivity index (χ1) is 21.5. The molecule has 0 aliphatic rings. The van der Waals surface area contributed by atoms with Crippen LogP contribution in [0.4, 0.5) is 0 Å². The first-order valence-electron chi connectivity index (χ1n) is 14.5.